The lowest BCUT2D eigenvalue weighted by Gasteiger charge is -2.27. The summed E-state index contributed by atoms with van der Waals surface area (Å²) in [5.74, 6) is -0.414. The molecule has 0 atom stereocenters. The van der Waals surface area contributed by atoms with Crippen LogP contribution < -0.4 is 10.2 Å². The van der Waals surface area contributed by atoms with Gasteiger partial charge in [-0.1, -0.05) is 12.1 Å². The third-order valence-electron chi connectivity index (χ3n) is 4.62. The molecule has 0 bridgehead atoms. The number of nitrogens with one attached hydrogen (secondary N) is 1. The van der Waals surface area contributed by atoms with Crippen LogP contribution in [0.5, 0.6) is 0 Å². The molecular formula is C21H22BrN3O3. The van der Waals surface area contributed by atoms with Crippen LogP contribution in [0.2, 0.25) is 0 Å². The van der Waals surface area contributed by atoms with Gasteiger partial charge >= 0.3 is 0 Å². The summed E-state index contributed by atoms with van der Waals surface area (Å²) in [4.78, 5) is 40.0. The Labute approximate surface area is 172 Å². The van der Waals surface area contributed by atoms with Gasteiger partial charge in [-0.2, -0.15) is 0 Å². The third kappa shape index (κ3) is 4.78. The maximum atomic E-state index is 12.6. The molecule has 1 aliphatic heterocycles. The summed E-state index contributed by atoms with van der Waals surface area (Å²) in [7, 11) is 1.59. The van der Waals surface area contributed by atoms with Gasteiger partial charge in [0.25, 0.3) is 5.91 Å². The predicted octanol–water partition coefficient (Wildman–Crippen LogP) is 3.68. The van der Waals surface area contributed by atoms with Crippen molar-refractivity contribution in [3.63, 3.8) is 0 Å². The number of hydrogen-bond acceptors (Lipinski definition) is 3. The standard InChI is InChI=1S/C21H22BrN3O3/c1-24(14-19(26)23-18-7-3-2-6-17(18)22)21(28)15-9-11-16(12-10-15)25-13-5-4-8-20(25)27/h2-3,6-7,9-12H,4-5,8,13-14H2,1H3,(H,23,26). The van der Waals surface area contributed by atoms with Crippen molar-refractivity contribution in [2.24, 2.45) is 0 Å². The molecule has 1 heterocycles. The molecule has 0 aromatic heterocycles. The van der Waals surface area contributed by atoms with Gasteiger partial charge in [0.15, 0.2) is 0 Å². The van der Waals surface area contributed by atoms with E-state index < -0.39 is 0 Å². The largest absolute Gasteiger partial charge is 0.332 e. The summed E-state index contributed by atoms with van der Waals surface area (Å²) < 4.78 is 0.778. The molecule has 3 amide bonds. The minimum absolute atomic E-state index is 0.0630. The summed E-state index contributed by atoms with van der Waals surface area (Å²) >= 11 is 3.38. The molecule has 0 radical (unpaired) electrons. The second-order valence-electron chi connectivity index (χ2n) is 6.74. The lowest BCUT2D eigenvalue weighted by atomic mass is 10.1. The van der Waals surface area contributed by atoms with E-state index >= 15 is 0 Å². The first-order valence-electron chi connectivity index (χ1n) is 9.16. The Bertz CT molecular complexity index is 883. The second kappa shape index (κ2) is 9.01. The van der Waals surface area contributed by atoms with E-state index in [9.17, 15) is 14.4 Å². The zero-order valence-corrected chi connectivity index (χ0v) is 17.2. The number of hydrogen-bond donors (Lipinski definition) is 1. The van der Waals surface area contributed by atoms with Crippen LogP contribution >= 0.6 is 15.9 Å². The van der Waals surface area contributed by atoms with Crippen LogP contribution in [-0.4, -0.2) is 42.8 Å². The van der Waals surface area contributed by atoms with Gasteiger partial charge in [-0.15, -0.1) is 0 Å². The van der Waals surface area contributed by atoms with Crippen molar-refractivity contribution in [1.29, 1.82) is 0 Å². The molecule has 1 aliphatic rings. The molecular weight excluding hydrogens is 422 g/mol. The van der Waals surface area contributed by atoms with Crippen molar-refractivity contribution in [2.75, 3.05) is 30.4 Å². The quantitative estimate of drug-likeness (QED) is 0.765. The van der Waals surface area contributed by atoms with Crippen molar-refractivity contribution in [2.45, 2.75) is 19.3 Å². The first-order chi connectivity index (χ1) is 13.5. The van der Waals surface area contributed by atoms with Crippen LogP contribution in [0, 0.1) is 0 Å². The molecule has 1 N–H and O–H groups in total. The van der Waals surface area contributed by atoms with Crippen molar-refractivity contribution < 1.29 is 14.4 Å². The maximum Gasteiger partial charge on any atom is 0.254 e. The zero-order valence-electron chi connectivity index (χ0n) is 15.7. The smallest absolute Gasteiger partial charge is 0.254 e. The van der Waals surface area contributed by atoms with Crippen LogP contribution in [0.25, 0.3) is 0 Å². The number of likely N-dealkylation sites (N-methyl/N-ethyl adjacent to an activating group) is 1. The Morgan fingerprint density at radius 3 is 2.50 bits per heavy atom. The predicted molar refractivity (Wildman–Crippen MR) is 112 cm³/mol. The van der Waals surface area contributed by atoms with Gasteiger partial charge in [-0.25, -0.2) is 0 Å². The number of carbonyl (C=O) groups is 3. The monoisotopic (exact) mass is 443 g/mol. The van der Waals surface area contributed by atoms with Crippen molar-refractivity contribution in [3.8, 4) is 0 Å². The van der Waals surface area contributed by atoms with Crippen LogP contribution in [0.3, 0.4) is 0 Å². The van der Waals surface area contributed by atoms with E-state index in [0.29, 0.717) is 24.2 Å². The molecule has 1 saturated heterocycles. The summed E-state index contributed by atoms with van der Waals surface area (Å²) in [6.07, 6.45) is 2.48. The van der Waals surface area contributed by atoms with Gasteiger partial charge < -0.3 is 15.1 Å². The number of piperidine rings is 1. The summed E-state index contributed by atoms with van der Waals surface area (Å²) in [6, 6.07) is 14.3. The van der Waals surface area contributed by atoms with Gasteiger partial charge in [0.1, 0.15) is 0 Å². The number of benzene rings is 2. The van der Waals surface area contributed by atoms with Crippen molar-refractivity contribution >= 4 is 45.0 Å². The van der Waals surface area contributed by atoms with E-state index in [1.165, 1.54) is 4.90 Å². The molecule has 7 heteroatoms. The number of para-hydroxylation sites is 1. The van der Waals surface area contributed by atoms with Gasteiger partial charge in [0, 0.05) is 35.7 Å². The van der Waals surface area contributed by atoms with E-state index in [0.717, 1.165) is 23.0 Å². The van der Waals surface area contributed by atoms with E-state index in [-0.39, 0.29) is 24.3 Å². The molecule has 28 heavy (non-hydrogen) atoms. The number of amides is 3. The Morgan fingerprint density at radius 2 is 1.82 bits per heavy atom. The molecule has 3 rings (SSSR count). The van der Waals surface area contributed by atoms with E-state index in [1.807, 2.05) is 18.2 Å². The molecule has 0 saturated carbocycles. The second-order valence-corrected chi connectivity index (χ2v) is 7.59. The first kappa shape index (κ1) is 20.1. The Balaban J connectivity index is 1.60. The number of carbonyl (C=O) groups excluding carboxylic acids is 3. The van der Waals surface area contributed by atoms with Gasteiger partial charge in [-0.3, -0.25) is 14.4 Å². The van der Waals surface area contributed by atoms with Crippen LogP contribution in [0.4, 0.5) is 11.4 Å². The van der Waals surface area contributed by atoms with Crippen molar-refractivity contribution in [1.82, 2.24) is 4.90 Å². The number of anilines is 2. The summed E-state index contributed by atoms with van der Waals surface area (Å²) in [5.41, 5.74) is 1.93. The molecule has 0 spiro atoms. The fraction of sp³-hybridized carbons (Fsp3) is 0.286. The first-order valence-corrected chi connectivity index (χ1v) is 9.95. The normalized spacial score (nSPS) is 13.9. The lowest BCUT2D eigenvalue weighted by molar-refractivity contribution is -0.119. The minimum atomic E-state index is -0.279. The molecule has 0 aliphatic carbocycles. The highest BCUT2D eigenvalue weighted by Gasteiger charge is 2.20. The molecule has 1 fully saturated rings. The number of nitrogens with zero attached hydrogens (tertiary/aromatic N) is 2. The molecule has 146 valence electrons. The highest BCUT2D eigenvalue weighted by molar-refractivity contribution is 9.10. The Hall–Kier alpha value is -2.67. The van der Waals surface area contributed by atoms with E-state index in [2.05, 4.69) is 21.2 Å². The zero-order chi connectivity index (χ0) is 20.1. The fourth-order valence-corrected chi connectivity index (χ4v) is 3.51. The van der Waals surface area contributed by atoms with Gasteiger partial charge in [0.05, 0.1) is 12.2 Å². The van der Waals surface area contributed by atoms with Gasteiger partial charge in [-0.05, 0) is 65.2 Å². The highest BCUT2D eigenvalue weighted by atomic mass is 79.9. The maximum absolute atomic E-state index is 12.6. The highest BCUT2D eigenvalue weighted by Crippen LogP contribution is 2.22. The molecule has 0 unspecified atom stereocenters. The van der Waals surface area contributed by atoms with E-state index in [4.69, 9.17) is 0 Å². The third-order valence-corrected chi connectivity index (χ3v) is 5.32. The van der Waals surface area contributed by atoms with Crippen LogP contribution in [0.15, 0.2) is 53.0 Å². The van der Waals surface area contributed by atoms with Gasteiger partial charge in [0.2, 0.25) is 11.8 Å². The average Bonchev–Trinajstić information content (AvgIpc) is 2.69. The Morgan fingerprint density at radius 1 is 1.11 bits per heavy atom. The minimum Gasteiger partial charge on any atom is -0.332 e. The van der Waals surface area contributed by atoms with Crippen molar-refractivity contribution in [3.05, 3.63) is 58.6 Å². The van der Waals surface area contributed by atoms with Crippen LogP contribution in [0.1, 0.15) is 29.6 Å². The topological polar surface area (TPSA) is 69.7 Å². The average molecular weight is 444 g/mol. The fourth-order valence-electron chi connectivity index (χ4n) is 3.12. The Kier molecular flexibility index (Phi) is 6.46. The molecule has 2 aromatic rings. The summed E-state index contributed by atoms with van der Waals surface area (Å²) in [6.45, 7) is 0.647. The summed E-state index contributed by atoms with van der Waals surface area (Å²) in [5, 5.41) is 2.78. The van der Waals surface area contributed by atoms with E-state index in [1.54, 1.807) is 42.3 Å². The SMILES string of the molecule is CN(CC(=O)Nc1ccccc1Br)C(=O)c1ccc(N2CCCCC2=O)cc1. The number of rotatable bonds is 5. The molecule has 6 nitrogen and oxygen atoms in total. The molecule has 2 aromatic carbocycles. The van der Waals surface area contributed by atoms with Crippen LogP contribution in [-0.2, 0) is 9.59 Å². The lowest BCUT2D eigenvalue weighted by Crippen LogP contribution is -2.36. The number of halogens is 1.